The predicted molar refractivity (Wildman–Crippen MR) is 88.8 cm³/mol. The van der Waals surface area contributed by atoms with Crippen molar-refractivity contribution >= 4 is 17.2 Å². The van der Waals surface area contributed by atoms with Crippen LogP contribution in [0.3, 0.4) is 0 Å². The highest BCUT2D eigenvalue weighted by Gasteiger charge is 2.35. The number of anilines is 2. The summed E-state index contributed by atoms with van der Waals surface area (Å²) in [4.78, 5) is 16.5. The van der Waals surface area contributed by atoms with Crippen LogP contribution in [-0.4, -0.2) is 36.2 Å². The number of nitro groups is 1. The molecule has 1 aromatic carbocycles. The maximum absolute atomic E-state index is 13.3. The third-order valence-electron chi connectivity index (χ3n) is 4.01. The van der Waals surface area contributed by atoms with Crippen molar-refractivity contribution in [2.45, 2.75) is 6.18 Å². The number of nitrogen functional groups attached to an aromatic ring is 1. The zero-order chi connectivity index (χ0) is 18.9. The molecule has 0 atom stereocenters. The van der Waals surface area contributed by atoms with E-state index in [4.69, 9.17) is 10.5 Å². The minimum atomic E-state index is -4.59. The van der Waals surface area contributed by atoms with Gasteiger partial charge in [-0.05, 0) is 12.1 Å². The quantitative estimate of drug-likeness (QED) is 0.661. The number of halogens is 3. The van der Waals surface area contributed by atoms with Crippen molar-refractivity contribution in [1.29, 1.82) is 0 Å². The van der Waals surface area contributed by atoms with Crippen molar-refractivity contribution in [3.63, 3.8) is 0 Å². The van der Waals surface area contributed by atoms with Gasteiger partial charge in [0.2, 0.25) is 5.82 Å². The Morgan fingerprint density at radius 1 is 1.23 bits per heavy atom. The monoisotopic (exact) mass is 368 g/mol. The number of aromatic nitrogens is 1. The molecule has 1 saturated heterocycles. The number of pyridine rings is 1. The summed E-state index contributed by atoms with van der Waals surface area (Å²) >= 11 is 0. The first kappa shape index (κ1) is 17.9. The van der Waals surface area contributed by atoms with Crippen LogP contribution in [0.15, 0.2) is 30.3 Å². The molecule has 3 rings (SSSR count). The Kier molecular flexibility index (Phi) is 4.68. The van der Waals surface area contributed by atoms with Crippen LogP contribution in [0, 0.1) is 10.1 Å². The molecule has 0 unspecified atom stereocenters. The molecule has 1 aliphatic heterocycles. The van der Waals surface area contributed by atoms with E-state index in [1.54, 1.807) is 4.90 Å². The summed E-state index contributed by atoms with van der Waals surface area (Å²) in [6, 6.07) is 6.01. The summed E-state index contributed by atoms with van der Waals surface area (Å²) in [5.74, 6) is -0.0507. The lowest BCUT2D eigenvalue weighted by atomic mass is 10.0. The van der Waals surface area contributed by atoms with E-state index in [9.17, 15) is 23.3 Å². The van der Waals surface area contributed by atoms with E-state index in [2.05, 4.69) is 4.98 Å². The highest BCUT2D eigenvalue weighted by Crippen LogP contribution is 2.40. The van der Waals surface area contributed by atoms with E-state index in [0.29, 0.717) is 26.3 Å². The second-order valence-electron chi connectivity index (χ2n) is 5.67. The number of rotatable bonds is 3. The Morgan fingerprint density at radius 3 is 2.50 bits per heavy atom. The van der Waals surface area contributed by atoms with Gasteiger partial charge in [0.25, 0.3) is 0 Å². The van der Waals surface area contributed by atoms with E-state index in [0.717, 1.165) is 12.1 Å². The molecular formula is C16H15F3N4O3. The van der Waals surface area contributed by atoms with Crippen molar-refractivity contribution in [3.8, 4) is 11.3 Å². The van der Waals surface area contributed by atoms with Crippen LogP contribution >= 0.6 is 0 Å². The SMILES string of the molecule is Nc1cc(-c2ccccc2C(F)(F)F)nc(N2CCOCC2)c1[N+](=O)[O-]. The number of benzene rings is 1. The molecule has 0 spiro atoms. The highest BCUT2D eigenvalue weighted by atomic mass is 19.4. The fraction of sp³-hybridized carbons (Fsp3) is 0.312. The van der Waals surface area contributed by atoms with Gasteiger partial charge in [0.1, 0.15) is 5.69 Å². The molecule has 2 N–H and O–H groups in total. The first-order chi connectivity index (χ1) is 12.3. The van der Waals surface area contributed by atoms with E-state index in [-0.39, 0.29) is 22.8 Å². The van der Waals surface area contributed by atoms with Crippen LogP contribution < -0.4 is 10.6 Å². The first-order valence-electron chi connectivity index (χ1n) is 7.73. The zero-order valence-corrected chi connectivity index (χ0v) is 13.5. The van der Waals surface area contributed by atoms with E-state index >= 15 is 0 Å². The van der Waals surface area contributed by atoms with Crippen LogP contribution in [0.5, 0.6) is 0 Å². The molecule has 0 bridgehead atoms. The minimum absolute atomic E-state index is 0.0507. The van der Waals surface area contributed by atoms with Gasteiger partial charge in [0.15, 0.2) is 0 Å². The topological polar surface area (TPSA) is 94.5 Å². The predicted octanol–water partition coefficient (Wildman–Crippen LogP) is 3.09. The van der Waals surface area contributed by atoms with Gasteiger partial charge >= 0.3 is 11.9 Å². The van der Waals surface area contributed by atoms with Crippen LogP contribution in [0.4, 0.5) is 30.4 Å². The standard InChI is InChI=1S/C16H15F3N4O3/c17-16(18,19)11-4-2-1-3-10(11)13-9-12(20)14(23(24)25)15(21-13)22-5-7-26-8-6-22/h1-4,9H,5-8H2,(H2,20,21). The molecule has 0 radical (unpaired) electrons. The summed E-state index contributed by atoms with van der Waals surface area (Å²) < 4.78 is 45.1. The summed E-state index contributed by atoms with van der Waals surface area (Å²) in [5.41, 5.74) is 4.02. The number of nitrogens with zero attached hydrogens (tertiary/aromatic N) is 3. The second-order valence-corrected chi connectivity index (χ2v) is 5.67. The molecule has 10 heteroatoms. The van der Waals surface area contributed by atoms with Gasteiger partial charge in [-0.3, -0.25) is 10.1 Å². The highest BCUT2D eigenvalue weighted by molar-refractivity contribution is 5.79. The summed E-state index contributed by atoms with van der Waals surface area (Å²) in [6.07, 6.45) is -4.59. The largest absolute Gasteiger partial charge is 0.417 e. The summed E-state index contributed by atoms with van der Waals surface area (Å²) in [7, 11) is 0. The fourth-order valence-electron chi connectivity index (χ4n) is 2.82. The lowest BCUT2D eigenvalue weighted by Gasteiger charge is -2.28. The number of hydrogen-bond acceptors (Lipinski definition) is 6. The lowest BCUT2D eigenvalue weighted by Crippen LogP contribution is -2.37. The molecule has 0 amide bonds. The van der Waals surface area contributed by atoms with Crippen LogP contribution in [0.25, 0.3) is 11.3 Å². The van der Waals surface area contributed by atoms with Crippen molar-refractivity contribution in [1.82, 2.24) is 4.98 Å². The van der Waals surface area contributed by atoms with Crippen molar-refractivity contribution in [2.75, 3.05) is 36.9 Å². The third-order valence-corrected chi connectivity index (χ3v) is 4.01. The zero-order valence-electron chi connectivity index (χ0n) is 13.5. The molecule has 26 heavy (non-hydrogen) atoms. The van der Waals surface area contributed by atoms with Gasteiger partial charge in [-0.15, -0.1) is 0 Å². The normalized spacial score (nSPS) is 15.1. The number of alkyl halides is 3. The van der Waals surface area contributed by atoms with E-state index in [1.807, 2.05) is 0 Å². The van der Waals surface area contributed by atoms with Gasteiger partial charge < -0.3 is 15.4 Å². The number of ether oxygens (including phenoxy) is 1. The Hall–Kier alpha value is -2.88. The van der Waals surface area contributed by atoms with Crippen molar-refractivity contribution in [2.24, 2.45) is 0 Å². The number of nitrogens with two attached hydrogens (primary N) is 1. The summed E-state index contributed by atoms with van der Waals surface area (Å²) in [6.45, 7) is 1.33. The molecule has 0 aliphatic carbocycles. The summed E-state index contributed by atoms with van der Waals surface area (Å²) in [5, 5.41) is 11.4. The third kappa shape index (κ3) is 3.40. The van der Waals surface area contributed by atoms with Crippen LogP contribution in [0.2, 0.25) is 0 Å². The maximum Gasteiger partial charge on any atom is 0.417 e. The van der Waals surface area contributed by atoms with Gasteiger partial charge in [-0.25, -0.2) is 4.98 Å². The maximum atomic E-state index is 13.3. The van der Waals surface area contributed by atoms with Gasteiger partial charge in [-0.2, -0.15) is 13.2 Å². The molecule has 2 aromatic rings. The molecule has 1 aromatic heterocycles. The molecule has 1 fully saturated rings. The molecule has 7 nitrogen and oxygen atoms in total. The van der Waals surface area contributed by atoms with E-state index in [1.165, 1.54) is 18.2 Å². The molecule has 2 heterocycles. The molecular weight excluding hydrogens is 353 g/mol. The molecule has 138 valence electrons. The van der Waals surface area contributed by atoms with Gasteiger partial charge in [0, 0.05) is 18.7 Å². The minimum Gasteiger partial charge on any atom is -0.393 e. The Balaban J connectivity index is 2.19. The second kappa shape index (κ2) is 6.79. The van der Waals surface area contributed by atoms with Gasteiger partial charge in [-0.1, -0.05) is 18.2 Å². The van der Waals surface area contributed by atoms with Crippen LogP contribution in [0.1, 0.15) is 5.56 Å². The fourth-order valence-corrected chi connectivity index (χ4v) is 2.82. The van der Waals surface area contributed by atoms with Crippen LogP contribution in [-0.2, 0) is 10.9 Å². The first-order valence-corrected chi connectivity index (χ1v) is 7.73. The number of hydrogen-bond donors (Lipinski definition) is 1. The van der Waals surface area contributed by atoms with Gasteiger partial charge in [0.05, 0.1) is 29.4 Å². The molecule has 1 aliphatic rings. The number of morpholine rings is 1. The smallest absolute Gasteiger partial charge is 0.393 e. The van der Waals surface area contributed by atoms with E-state index < -0.39 is 22.4 Å². The average Bonchev–Trinajstić information content (AvgIpc) is 2.60. The Labute approximate surface area is 146 Å². The van der Waals surface area contributed by atoms with Crippen molar-refractivity contribution in [3.05, 3.63) is 46.0 Å². The lowest BCUT2D eigenvalue weighted by molar-refractivity contribution is -0.383. The molecule has 0 saturated carbocycles. The van der Waals surface area contributed by atoms with Crippen molar-refractivity contribution < 1.29 is 22.8 Å². The Bertz CT molecular complexity index is 836. The average molecular weight is 368 g/mol. The Morgan fingerprint density at radius 2 is 1.88 bits per heavy atom.